The molecule has 2 aromatic carbocycles. The van der Waals surface area contributed by atoms with Crippen LogP contribution in [0.4, 0.5) is 0 Å². The van der Waals surface area contributed by atoms with E-state index in [0.717, 1.165) is 11.1 Å². The van der Waals surface area contributed by atoms with Gasteiger partial charge >= 0.3 is 0 Å². The molecule has 5 nitrogen and oxygen atoms in total. The van der Waals surface area contributed by atoms with Crippen molar-refractivity contribution in [2.24, 2.45) is 0 Å². The van der Waals surface area contributed by atoms with Crippen LogP contribution in [0.25, 0.3) is 0 Å². The maximum Gasteiger partial charge on any atom is 0.277 e. The molecule has 6 heteroatoms. The number of nitrogens with zero attached hydrogens (tertiary/aromatic N) is 1. The summed E-state index contributed by atoms with van der Waals surface area (Å²) in [6.07, 6.45) is 0. The number of amides is 1. The molecule has 0 bridgehead atoms. The van der Waals surface area contributed by atoms with E-state index in [1.54, 1.807) is 30.5 Å². The Morgan fingerprint density at radius 1 is 1.07 bits per heavy atom. The number of carbonyl (C=O) groups is 1. The quantitative estimate of drug-likeness (QED) is 0.572. The van der Waals surface area contributed by atoms with Gasteiger partial charge in [0.1, 0.15) is 6.04 Å². The minimum absolute atomic E-state index is 0.0849. The number of aryl methyl sites for hydroxylation is 1. The van der Waals surface area contributed by atoms with Gasteiger partial charge in [-0.3, -0.25) is 4.79 Å². The molecule has 0 aliphatic carbocycles. The molecule has 3 aromatic rings. The first kappa shape index (κ1) is 21.9. The normalized spacial score (nSPS) is 11.7. The molecule has 0 aliphatic heterocycles. The van der Waals surface area contributed by atoms with E-state index in [4.69, 9.17) is 9.47 Å². The third-order valence-corrected chi connectivity index (χ3v) is 6.17. The van der Waals surface area contributed by atoms with E-state index in [-0.39, 0.29) is 11.9 Å². The van der Waals surface area contributed by atoms with Gasteiger partial charge in [0.15, 0.2) is 18.0 Å². The number of thiophene rings is 1. The number of carbonyl (C=O) groups excluding carboxylic acids is 1. The van der Waals surface area contributed by atoms with Crippen molar-refractivity contribution in [1.82, 2.24) is 4.90 Å². The first-order valence-electron chi connectivity index (χ1n) is 9.90. The van der Waals surface area contributed by atoms with Gasteiger partial charge in [-0.2, -0.15) is 0 Å². The van der Waals surface area contributed by atoms with E-state index in [9.17, 15) is 4.79 Å². The van der Waals surface area contributed by atoms with Gasteiger partial charge in [0.05, 0.1) is 19.1 Å². The van der Waals surface area contributed by atoms with Crippen molar-refractivity contribution in [2.45, 2.75) is 19.5 Å². The van der Waals surface area contributed by atoms with E-state index in [1.165, 1.54) is 10.4 Å². The maximum atomic E-state index is 12.9. The summed E-state index contributed by atoms with van der Waals surface area (Å²) < 4.78 is 10.8. The van der Waals surface area contributed by atoms with Gasteiger partial charge in [0.2, 0.25) is 0 Å². The van der Waals surface area contributed by atoms with Crippen LogP contribution in [0.5, 0.6) is 11.5 Å². The number of nitrogens with two attached hydrogens (primary N) is 1. The third-order valence-electron chi connectivity index (χ3n) is 5.21. The Hall–Kier alpha value is -2.83. The fourth-order valence-electron chi connectivity index (χ4n) is 3.46. The molecule has 158 valence electrons. The number of hydrogen-bond acceptors (Lipinski definition) is 4. The monoisotopic (exact) mass is 425 g/mol. The topological polar surface area (TPSA) is 55.4 Å². The van der Waals surface area contributed by atoms with Gasteiger partial charge < -0.3 is 19.7 Å². The Kier molecular flexibility index (Phi) is 7.49. The lowest BCUT2D eigenvalue weighted by Crippen LogP contribution is -2.87. The highest BCUT2D eigenvalue weighted by atomic mass is 32.1. The Bertz CT molecular complexity index is 958. The number of methoxy groups -OCH3 is 2. The minimum Gasteiger partial charge on any atom is -0.493 e. The molecule has 0 spiro atoms. The second kappa shape index (κ2) is 10.3. The first-order chi connectivity index (χ1) is 14.5. The highest BCUT2D eigenvalue weighted by Crippen LogP contribution is 2.30. The van der Waals surface area contributed by atoms with E-state index >= 15 is 0 Å². The lowest BCUT2D eigenvalue weighted by Gasteiger charge is -2.21. The molecule has 0 fully saturated rings. The molecule has 1 heterocycles. The predicted molar refractivity (Wildman–Crippen MR) is 120 cm³/mol. The van der Waals surface area contributed by atoms with Gasteiger partial charge in [-0.1, -0.05) is 36.4 Å². The van der Waals surface area contributed by atoms with Crippen LogP contribution in [0.2, 0.25) is 0 Å². The lowest BCUT2D eigenvalue weighted by molar-refractivity contribution is -0.676. The SMILES string of the molecule is COc1cc(C)c(CN(C)C(=O)C[NH2+][C@@H](c2ccccc2)c2cccs2)cc1OC. The van der Waals surface area contributed by atoms with Gasteiger partial charge in [-0.05, 0) is 41.6 Å². The van der Waals surface area contributed by atoms with E-state index in [1.807, 2.05) is 44.3 Å². The molecule has 0 aliphatic rings. The molecule has 2 N–H and O–H groups in total. The van der Waals surface area contributed by atoms with Crippen molar-refractivity contribution in [3.05, 3.63) is 81.5 Å². The van der Waals surface area contributed by atoms with Crippen molar-refractivity contribution >= 4 is 17.2 Å². The molecular formula is C24H29N2O3S+. The van der Waals surface area contributed by atoms with Crippen LogP contribution >= 0.6 is 11.3 Å². The molecule has 0 saturated carbocycles. The fourth-order valence-corrected chi connectivity index (χ4v) is 4.31. The summed E-state index contributed by atoms with van der Waals surface area (Å²) in [5, 5.41) is 4.19. The van der Waals surface area contributed by atoms with Crippen molar-refractivity contribution in [1.29, 1.82) is 0 Å². The molecule has 0 saturated heterocycles. The number of quaternary nitrogens is 1. The van der Waals surface area contributed by atoms with Crippen molar-refractivity contribution in [3.63, 3.8) is 0 Å². The summed E-state index contributed by atoms with van der Waals surface area (Å²) >= 11 is 1.72. The Morgan fingerprint density at radius 3 is 2.40 bits per heavy atom. The van der Waals surface area contributed by atoms with Crippen LogP contribution in [0.15, 0.2) is 60.0 Å². The molecular weight excluding hydrogens is 396 g/mol. The average molecular weight is 426 g/mol. The Labute approximate surface area is 182 Å². The van der Waals surface area contributed by atoms with Gasteiger partial charge in [0, 0.05) is 19.2 Å². The predicted octanol–water partition coefficient (Wildman–Crippen LogP) is 3.39. The second-order valence-electron chi connectivity index (χ2n) is 7.23. The van der Waals surface area contributed by atoms with E-state index < -0.39 is 0 Å². The second-order valence-corrected chi connectivity index (χ2v) is 8.21. The van der Waals surface area contributed by atoms with Crippen LogP contribution in [-0.4, -0.2) is 38.6 Å². The molecule has 3 rings (SSSR count). The van der Waals surface area contributed by atoms with Crippen LogP contribution in [0.1, 0.15) is 27.6 Å². The molecule has 1 amide bonds. The van der Waals surface area contributed by atoms with E-state index in [0.29, 0.717) is 24.6 Å². The highest BCUT2D eigenvalue weighted by Gasteiger charge is 2.21. The summed E-state index contributed by atoms with van der Waals surface area (Å²) in [6, 6.07) is 18.5. The zero-order valence-corrected chi connectivity index (χ0v) is 18.7. The standard InChI is InChI=1S/C24H28N2O3S/c1-17-13-20(28-3)21(29-4)14-19(17)16-26(2)23(27)15-25-24(22-11-8-12-30-22)18-9-6-5-7-10-18/h5-14,24-25H,15-16H2,1-4H3/p+1/t24-/m0/s1. The van der Waals surface area contributed by atoms with Crippen molar-refractivity contribution in [2.75, 3.05) is 27.8 Å². The first-order valence-corrected chi connectivity index (χ1v) is 10.8. The lowest BCUT2D eigenvalue weighted by atomic mass is 10.1. The van der Waals surface area contributed by atoms with Crippen LogP contribution in [0, 0.1) is 6.92 Å². The summed E-state index contributed by atoms with van der Waals surface area (Å²) in [6.45, 7) is 2.91. The number of likely N-dealkylation sites (N-methyl/N-ethyl adjacent to an activating group) is 1. The molecule has 0 unspecified atom stereocenters. The summed E-state index contributed by atoms with van der Waals surface area (Å²) in [4.78, 5) is 15.9. The third kappa shape index (κ3) is 5.20. The summed E-state index contributed by atoms with van der Waals surface area (Å²) in [5.74, 6) is 1.46. The minimum atomic E-state index is 0.0849. The number of rotatable bonds is 9. The van der Waals surface area contributed by atoms with Crippen LogP contribution < -0.4 is 14.8 Å². The largest absolute Gasteiger partial charge is 0.493 e. The van der Waals surface area contributed by atoms with Crippen LogP contribution in [0.3, 0.4) is 0 Å². The Morgan fingerprint density at radius 2 is 1.77 bits per heavy atom. The number of ether oxygens (including phenoxy) is 2. The molecule has 0 radical (unpaired) electrons. The Balaban J connectivity index is 1.68. The number of benzene rings is 2. The fraction of sp³-hybridized carbons (Fsp3) is 0.292. The number of hydrogen-bond donors (Lipinski definition) is 1. The molecule has 1 aromatic heterocycles. The van der Waals surface area contributed by atoms with Gasteiger partial charge in [-0.25, -0.2) is 0 Å². The van der Waals surface area contributed by atoms with Gasteiger partial charge in [0.25, 0.3) is 5.91 Å². The zero-order valence-electron chi connectivity index (χ0n) is 17.9. The molecule has 30 heavy (non-hydrogen) atoms. The molecule has 1 atom stereocenters. The highest BCUT2D eigenvalue weighted by molar-refractivity contribution is 7.10. The smallest absolute Gasteiger partial charge is 0.277 e. The van der Waals surface area contributed by atoms with Gasteiger partial charge in [-0.15, -0.1) is 11.3 Å². The van der Waals surface area contributed by atoms with E-state index in [2.05, 4.69) is 35.0 Å². The average Bonchev–Trinajstić information content (AvgIpc) is 3.30. The zero-order chi connectivity index (χ0) is 21.5. The van der Waals surface area contributed by atoms with Crippen molar-refractivity contribution in [3.8, 4) is 11.5 Å². The maximum absolute atomic E-state index is 12.9. The summed E-state index contributed by atoms with van der Waals surface area (Å²) in [5.41, 5.74) is 3.31. The van der Waals surface area contributed by atoms with Crippen molar-refractivity contribution < 1.29 is 19.6 Å². The van der Waals surface area contributed by atoms with Crippen LogP contribution in [-0.2, 0) is 11.3 Å². The summed E-state index contributed by atoms with van der Waals surface area (Å²) in [7, 11) is 5.09.